The molecule has 1 aromatic heterocycles. The van der Waals surface area contributed by atoms with Crippen molar-refractivity contribution in [1.29, 1.82) is 0 Å². The molecule has 1 aromatic carbocycles. The lowest BCUT2D eigenvalue weighted by Crippen LogP contribution is -2.35. The molecule has 8 heteroatoms. The molecule has 0 saturated carbocycles. The Balaban J connectivity index is 1.55. The van der Waals surface area contributed by atoms with Gasteiger partial charge in [0.2, 0.25) is 5.91 Å². The SMILES string of the molecule is CN(CC1CNNC1c1ccc(F)cc1)C(=O)CCn1cncn1. The third-order valence-electron chi connectivity index (χ3n) is 4.28. The first kappa shape index (κ1) is 16.5. The fourth-order valence-electron chi connectivity index (χ4n) is 2.93. The first-order valence-electron chi connectivity index (χ1n) is 7.93. The third kappa shape index (κ3) is 3.95. The van der Waals surface area contributed by atoms with Gasteiger partial charge < -0.3 is 4.90 Å². The van der Waals surface area contributed by atoms with Gasteiger partial charge in [0.1, 0.15) is 18.5 Å². The van der Waals surface area contributed by atoms with Gasteiger partial charge in [0.15, 0.2) is 0 Å². The molecule has 2 aromatic rings. The summed E-state index contributed by atoms with van der Waals surface area (Å²) in [6.07, 6.45) is 3.44. The monoisotopic (exact) mass is 332 g/mol. The number of aromatic nitrogens is 3. The molecule has 2 heterocycles. The van der Waals surface area contributed by atoms with Gasteiger partial charge in [0, 0.05) is 32.5 Å². The van der Waals surface area contributed by atoms with Crippen LogP contribution in [0.3, 0.4) is 0 Å². The van der Waals surface area contributed by atoms with E-state index in [0.717, 1.165) is 12.1 Å². The van der Waals surface area contributed by atoms with Crippen molar-refractivity contribution >= 4 is 5.91 Å². The highest BCUT2D eigenvalue weighted by molar-refractivity contribution is 5.75. The Hall–Kier alpha value is -2.32. The molecule has 1 amide bonds. The zero-order chi connectivity index (χ0) is 16.9. The topological polar surface area (TPSA) is 75.1 Å². The van der Waals surface area contributed by atoms with Crippen LogP contribution in [0.1, 0.15) is 18.0 Å². The van der Waals surface area contributed by atoms with Crippen LogP contribution in [0.15, 0.2) is 36.9 Å². The second-order valence-corrected chi connectivity index (χ2v) is 6.00. The largest absolute Gasteiger partial charge is 0.345 e. The van der Waals surface area contributed by atoms with E-state index in [0.29, 0.717) is 19.5 Å². The van der Waals surface area contributed by atoms with Crippen LogP contribution in [0.25, 0.3) is 0 Å². The lowest BCUT2D eigenvalue weighted by molar-refractivity contribution is -0.130. The molecule has 1 fully saturated rings. The van der Waals surface area contributed by atoms with Gasteiger partial charge in [0.05, 0.1) is 12.6 Å². The summed E-state index contributed by atoms with van der Waals surface area (Å²) in [5.74, 6) is 0.0349. The van der Waals surface area contributed by atoms with Crippen LogP contribution in [0.4, 0.5) is 4.39 Å². The number of hydrogen-bond acceptors (Lipinski definition) is 5. The van der Waals surface area contributed by atoms with Gasteiger partial charge in [-0.05, 0) is 17.7 Å². The smallest absolute Gasteiger partial charge is 0.224 e. The maximum atomic E-state index is 13.1. The molecule has 1 saturated heterocycles. The summed E-state index contributed by atoms with van der Waals surface area (Å²) in [6, 6.07) is 6.52. The fraction of sp³-hybridized carbons (Fsp3) is 0.438. The van der Waals surface area contributed by atoms with E-state index in [2.05, 4.69) is 20.9 Å². The normalized spacial score (nSPS) is 20.2. The number of carbonyl (C=O) groups is 1. The number of aryl methyl sites for hydroxylation is 1. The van der Waals surface area contributed by atoms with Crippen molar-refractivity contribution in [1.82, 2.24) is 30.5 Å². The van der Waals surface area contributed by atoms with Crippen molar-refractivity contribution in [2.75, 3.05) is 20.1 Å². The standard InChI is InChI=1S/C16H21FN6O/c1-22(15(24)6-7-23-11-18-10-20-23)9-13-8-19-21-16(13)12-2-4-14(17)5-3-12/h2-5,10-11,13,16,19,21H,6-9H2,1H3. The quantitative estimate of drug-likeness (QED) is 0.816. The molecular weight excluding hydrogens is 311 g/mol. The van der Waals surface area contributed by atoms with Crippen LogP contribution in [0.2, 0.25) is 0 Å². The molecule has 1 aliphatic rings. The van der Waals surface area contributed by atoms with Gasteiger partial charge in [0.25, 0.3) is 0 Å². The summed E-state index contributed by atoms with van der Waals surface area (Å²) >= 11 is 0. The number of benzene rings is 1. The molecule has 0 bridgehead atoms. The van der Waals surface area contributed by atoms with Crippen molar-refractivity contribution in [2.24, 2.45) is 5.92 Å². The summed E-state index contributed by atoms with van der Waals surface area (Å²) in [5, 5.41) is 3.99. The average Bonchev–Trinajstić information content (AvgIpc) is 3.25. The molecule has 7 nitrogen and oxygen atoms in total. The van der Waals surface area contributed by atoms with Crippen LogP contribution >= 0.6 is 0 Å². The Morgan fingerprint density at radius 1 is 1.42 bits per heavy atom. The van der Waals surface area contributed by atoms with Gasteiger partial charge in [-0.3, -0.25) is 14.9 Å². The Kier molecular flexibility index (Phi) is 5.17. The Morgan fingerprint density at radius 3 is 2.92 bits per heavy atom. The van der Waals surface area contributed by atoms with Crippen molar-refractivity contribution in [2.45, 2.75) is 19.0 Å². The molecule has 2 unspecified atom stereocenters. The van der Waals surface area contributed by atoms with E-state index in [9.17, 15) is 9.18 Å². The van der Waals surface area contributed by atoms with Crippen molar-refractivity contribution in [3.8, 4) is 0 Å². The number of halogens is 1. The number of amides is 1. The molecule has 2 N–H and O–H groups in total. The maximum Gasteiger partial charge on any atom is 0.224 e. The molecule has 128 valence electrons. The van der Waals surface area contributed by atoms with Crippen LogP contribution in [0.5, 0.6) is 0 Å². The lowest BCUT2D eigenvalue weighted by Gasteiger charge is -2.25. The summed E-state index contributed by atoms with van der Waals surface area (Å²) in [6.45, 7) is 1.90. The molecule has 1 aliphatic heterocycles. The minimum Gasteiger partial charge on any atom is -0.345 e. The van der Waals surface area contributed by atoms with E-state index < -0.39 is 0 Å². The predicted molar refractivity (Wildman–Crippen MR) is 86.0 cm³/mol. The summed E-state index contributed by atoms with van der Waals surface area (Å²) < 4.78 is 14.7. The minimum atomic E-state index is -0.248. The maximum absolute atomic E-state index is 13.1. The first-order chi connectivity index (χ1) is 11.6. The summed E-state index contributed by atoms with van der Waals surface area (Å²) in [4.78, 5) is 17.9. The molecule has 2 atom stereocenters. The van der Waals surface area contributed by atoms with Crippen molar-refractivity contribution < 1.29 is 9.18 Å². The Labute approximate surface area is 139 Å². The molecule has 3 rings (SSSR count). The van der Waals surface area contributed by atoms with Gasteiger partial charge >= 0.3 is 0 Å². The van der Waals surface area contributed by atoms with Crippen LogP contribution in [-0.2, 0) is 11.3 Å². The second-order valence-electron chi connectivity index (χ2n) is 6.00. The molecule has 0 spiro atoms. The number of rotatable bonds is 6. The summed E-state index contributed by atoms with van der Waals surface area (Å²) in [7, 11) is 1.81. The Bertz CT molecular complexity index is 660. The first-order valence-corrected chi connectivity index (χ1v) is 7.93. The second kappa shape index (κ2) is 7.50. The van der Waals surface area contributed by atoms with Gasteiger partial charge in [-0.25, -0.2) is 14.8 Å². The highest BCUT2D eigenvalue weighted by atomic mass is 19.1. The van der Waals surface area contributed by atoms with Gasteiger partial charge in [-0.2, -0.15) is 5.10 Å². The van der Waals surface area contributed by atoms with E-state index in [-0.39, 0.29) is 23.7 Å². The molecule has 24 heavy (non-hydrogen) atoms. The molecular formula is C16H21FN6O. The summed E-state index contributed by atoms with van der Waals surface area (Å²) in [5.41, 5.74) is 7.35. The third-order valence-corrected chi connectivity index (χ3v) is 4.28. The van der Waals surface area contributed by atoms with E-state index in [1.165, 1.54) is 18.5 Å². The highest BCUT2D eigenvalue weighted by Gasteiger charge is 2.30. The zero-order valence-corrected chi connectivity index (χ0v) is 13.5. The number of nitrogens with zero attached hydrogens (tertiary/aromatic N) is 4. The average molecular weight is 332 g/mol. The number of carbonyl (C=O) groups excluding carboxylic acids is 1. The zero-order valence-electron chi connectivity index (χ0n) is 13.5. The number of hydrogen-bond donors (Lipinski definition) is 2. The van der Waals surface area contributed by atoms with Gasteiger partial charge in [-0.1, -0.05) is 12.1 Å². The Morgan fingerprint density at radius 2 is 2.21 bits per heavy atom. The lowest BCUT2D eigenvalue weighted by atomic mass is 9.94. The van der Waals surface area contributed by atoms with Crippen LogP contribution < -0.4 is 10.9 Å². The van der Waals surface area contributed by atoms with E-state index >= 15 is 0 Å². The molecule has 0 aliphatic carbocycles. The predicted octanol–water partition coefficient (Wildman–Crippen LogP) is 0.731. The highest BCUT2D eigenvalue weighted by Crippen LogP contribution is 2.25. The number of nitrogens with one attached hydrogen (secondary N) is 2. The minimum absolute atomic E-state index is 0.0520. The van der Waals surface area contributed by atoms with Crippen LogP contribution in [0, 0.1) is 11.7 Å². The van der Waals surface area contributed by atoms with Crippen LogP contribution in [-0.4, -0.2) is 45.7 Å². The van der Waals surface area contributed by atoms with E-state index in [4.69, 9.17) is 0 Å². The molecule has 0 radical (unpaired) electrons. The fourth-order valence-corrected chi connectivity index (χ4v) is 2.93. The van der Waals surface area contributed by atoms with Crippen molar-refractivity contribution in [3.63, 3.8) is 0 Å². The van der Waals surface area contributed by atoms with E-state index in [1.807, 2.05) is 7.05 Å². The van der Waals surface area contributed by atoms with Gasteiger partial charge in [-0.15, -0.1) is 0 Å². The van der Waals surface area contributed by atoms with Crippen molar-refractivity contribution in [3.05, 3.63) is 48.3 Å². The van der Waals surface area contributed by atoms with E-state index in [1.54, 1.807) is 28.0 Å². The number of hydrazine groups is 1.